The average molecular weight is 432 g/mol. The monoisotopic (exact) mass is 432 g/mol. The van der Waals surface area contributed by atoms with Crippen LogP contribution >= 0.6 is 0 Å². The number of carbonyl (C=O) groups is 1. The molecule has 31 heavy (non-hydrogen) atoms. The number of alkyl halides is 3. The van der Waals surface area contributed by atoms with Crippen molar-refractivity contribution in [2.24, 2.45) is 0 Å². The minimum atomic E-state index is -4.62. The van der Waals surface area contributed by atoms with Crippen LogP contribution in [0.25, 0.3) is 11.3 Å². The number of aromatic nitrogens is 1. The molecule has 2 heterocycles. The van der Waals surface area contributed by atoms with Crippen LogP contribution in [-0.4, -0.2) is 47.2 Å². The summed E-state index contributed by atoms with van der Waals surface area (Å²) in [6, 6.07) is 11.6. The first-order valence-electron chi connectivity index (χ1n) is 9.50. The highest BCUT2D eigenvalue weighted by Gasteiger charge is 2.37. The van der Waals surface area contributed by atoms with Gasteiger partial charge in [0.25, 0.3) is 5.91 Å². The SMILES string of the molecule is Nc1onc(-c2ccccc2C(F)(F)F)c1C(=O)N1CCN(c2ccc(O)cc2)CC1. The zero-order chi connectivity index (χ0) is 22.2. The lowest BCUT2D eigenvalue weighted by Gasteiger charge is -2.36. The molecule has 0 unspecified atom stereocenters. The minimum absolute atomic E-state index is 0.159. The number of nitrogens with zero attached hydrogens (tertiary/aromatic N) is 3. The molecule has 1 aromatic heterocycles. The Morgan fingerprint density at radius 1 is 1.03 bits per heavy atom. The van der Waals surface area contributed by atoms with E-state index in [1.54, 1.807) is 24.3 Å². The number of phenols is 1. The standard InChI is InChI=1S/C21H19F3N4O3/c22-21(23,24)16-4-2-1-3-15(16)18-17(19(25)31-26-18)20(30)28-11-9-27(10-12-28)13-5-7-14(29)8-6-13/h1-8,29H,9-12,25H2. The van der Waals surface area contributed by atoms with Gasteiger partial charge in [0.1, 0.15) is 17.0 Å². The number of benzene rings is 2. The van der Waals surface area contributed by atoms with Crippen LogP contribution in [0.2, 0.25) is 0 Å². The number of nitrogen functional groups attached to an aromatic ring is 1. The largest absolute Gasteiger partial charge is 0.508 e. The summed E-state index contributed by atoms with van der Waals surface area (Å²) < 4.78 is 45.3. The van der Waals surface area contributed by atoms with Crippen LogP contribution in [0.15, 0.2) is 53.1 Å². The van der Waals surface area contributed by atoms with Gasteiger partial charge in [-0.2, -0.15) is 13.2 Å². The molecule has 10 heteroatoms. The van der Waals surface area contributed by atoms with Crippen LogP contribution in [0.1, 0.15) is 15.9 Å². The maximum Gasteiger partial charge on any atom is 0.417 e. The van der Waals surface area contributed by atoms with Gasteiger partial charge < -0.3 is 25.2 Å². The Bertz CT molecular complexity index is 1090. The maximum atomic E-state index is 13.5. The summed E-state index contributed by atoms with van der Waals surface area (Å²) in [6.45, 7) is 1.70. The van der Waals surface area contributed by atoms with E-state index < -0.39 is 17.6 Å². The fourth-order valence-corrected chi connectivity index (χ4v) is 3.62. The highest BCUT2D eigenvalue weighted by atomic mass is 19.4. The summed E-state index contributed by atoms with van der Waals surface area (Å²) in [4.78, 5) is 16.7. The van der Waals surface area contributed by atoms with Crippen molar-refractivity contribution in [1.82, 2.24) is 10.1 Å². The molecule has 1 fully saturated rings. The molecule has 3 aromatic rings. The topological polar surface area (TPSA) is 95.8 Å². The van der Waals surface area contributed by atoms with Crippen LogP contribution in [0.4, 0.5) is 24.7 Å². The summed E-state index contributed by atoms with van der Waals surface area (Å²) in [7, 11) is 0. The zero-order valence-corrected chi connectivity index (χ0v) is 16.3. The van der Waals surface area contributed by atoms with Gasteiger partial charge in [-0.25, -0.2) is 0 Å². The fraction of sp³-hybridized carbons (Fsp3) is 0.238. The Labute approximate surface area is 175 Å². The molecule has 1 aliphatic heterocycles. The van der Waals surface area contributed by atoms with E-state index in [0.717, 1.165) is 11.8 Å². The summed E-state index contributed by atoms with van der Waals surface area (Å²) >= 11 is 0. The Hall–Kier alpha value is -3.69. The summed E-state index contributed by atoms with van der Waals surface area (Å²) in [5, 5.41) is 13.1. The van der Waals surface area contributed by atoms with Gasteiger partial charge in [0.15, 0.2) is 0 Å². The number of rotatable bonds is 3. The Morgan fingerprint density at radius 3 is 2.32 bits per heavy atom. The van der Waals surface area contributed by atoms with Crippen LogP contribution < -0.4 is 10.6 Å². The van der Waals surface area contributed by atoms with Crippen LogP contribution in [0.3, 0.4) is 0 Å². The third-order valence-electron chi connectivity index (χ3n) is 5.20. The van der Waals surface area contributed by atoms with Crippen molar-refractivity contribution in [3.63, 3.8) is 0 Å². The van der Waals surface area contributed by atoms with Crippen LogP contribution in [0, 0.1) is 0 Å². The van der Waals surface area contributed by atoms with Crippen molar-refractivity contribution in [2.45, 2.75) is 6.18 Å². The van der Waals surface area contributed by atoms with Gasteiger partial charge in [0.2, 0.25) is 5.88 Å². The minimum Gasteiger partial charge on any atom is -0.508 e. The van der Waals surface area contributed by atoms with E-state index in [1.165, 1.54) is 23.1 Å². The number of anilines is 2. The molecule has 1 aliphatic rings. The van der Waals surface area contributed by atoms with E-state index in [0.29, 0.717) is 26.2 Å². The van der Waals surface area contributed by atoms with E-state index >= 15 is 0 Å². The second kappa shape index (κ2) is 7.86. The summed E-state index contributed by atoms with van der Waals surface area (Å²) in [6.07, 6.45) is -4.62. The van der Waals surface area contributed by atoms with Crippen molar-refractivity contribution in [3.05, 3.63) is 59.7 Å². The molecule has 1 amide bonds. The van der Waals surface area contributed by atoms with Crippen molar-refractivity contribution >= 4 is 17.5 Å². The quantitative estimate of drug-likeness (QED) is 0.657. The van der Waals surface area contributed by atoms with Gasteiger partial charge in [-0.3, -0.25) is 4.79 Å². The van der Waals surface area contributed by atoms with Gasteiger partial charge in [-0.05, 0) is 30.3 Å². The zero-order valence-electron chi connectivity index (χ0n) is 16.3. The maximum absolute atomic E-state index is 13.5. The third-order valence-corrected chi connectivity index (χ3v) is 5.20. The number of aromatic hydroxyl groups is 1. The molecule has 162 valence electrons. The van der Waals surface area contributed by atoms with E-state index in [-0.39, 0.29) is 28.5 Å². The molecule has 0 aliphatic carbocycles. The van der Waals surface area contributed by atoms with Crippen molar-refractivity contribution < 1.29 is 27.6 Å². The molecule has 0 saturated carbocycles. The number of carbonyl (C=O) groups excluding carboxylic acids is 1. The van der Waals surface area contributed by atoms with Crippen molar-refractivity contribution in [1.29, 1.82) is 0 Å². The van der Waals surface area contributed by atoms with Gasteiger partial charge in [-0.15, -0.1) is 0 Å². The Kier molecular flexibility index (Phi) is 5.22. The third kappa shape index (κ3) is 4.00. The van der Waals surface area contributed by atoms with Crippen LogP contribution in [-0.2, 0) is 6.18 Å². The molecule has 0 spiro atoms. The lowest BCUT2D eigenvalue weighted by Crippen LogP contribution is -2.49. The number of halogens is 3. The number of amides is 1. The number of phenolic OH excluding ortho intramolecular Hbond substituents is 1. The molecular formula is C21H19F3N4O3. The van der Waals surface area contributed by atoms with E-state index in [1.807, 2.05) is 4.90 Å². The highest BCUT2D eigenvalue weighted by molar-refractivity contribution is 6.04. The van der Waals surface area contributed by atoms with Gasteiger partial charge in [0.05, 0.1) is 5.56 Å². The van der Waals surface area contributed by atoms with E-state index in [4.69, 9.17) is 10.3 Å². The molecule has 4 rings (SSSR count). The fourth-order valence-electron chi connectivity index (χ4n) is 3.62. The number of hydrogen-bond acceptors (Lipinski definition) is 6. The molecule has 7 nitrogen and oxygen atoms in total. The molecule has 0 bridgehead atoms. The van der Waals surface area contributed by atoms with Crippen LogP contribution in [0.5, 0.6) is 5.75 Å². The molecular weight excluding hydrogens is 413 g/mol. The molecule has 1 saturated heterocycles. The normalized spacial score (nSPS) is 14.7. The van der Waals surface area contributed by atoms with E-state index in [9.17, 15) is 23.1 Å². The first kappa shape index (κ1) is 20.6. The predicted octanol–water partition coefficient (Wildman–Crippen LogP) is 3.61. The first-order chi connectivity index (χ1) is 14.8. The summed E-state index contributed by atoms with van der Waals surface area (Å²) in [5.74, 6) is -0.693. The van der Waals surface area contributed by atoms with Crippen molar-refractivity contribution in [3.8, 4) is 17.0 Å². The van der Waals surface area contributed by atoms with E-state index in [2.05, 4.69) is 5.16 Å². The lowest BCUT2D eigenvalue weighted by atomic mass is 10.00. The Morgan fingerprint density at radius 2 is 1.68 bits per heavy atom. The molecule has 0 radical (unpaired) electrons. The Balaban J connectivity index is 1.58. The second-order valence-corrected chi connectivity index (χ2v) is 7.11. The smallest absolute Gasteiger partial charge is 0.417 e. The predicted molar refractivity (Wildman–Crippen MR) is 108 cm³/mol. The van der Waals surface area contributed by atoms with Gasteiger partial charge >= 0.3 is 6.18 Å². The number of nitrogens with two attached hydrogens (primary N) is 1. The van der Waals surface area contributed by atoms with Crippen molar-refractivity contribution in [2.75, 3.05) is 36.8 Å². The van der Waals surface area contributed by atoms with Gasteiger partial charge in [-0.1, -0.05) is 23.4 Å². The average Bonchev–Trinajstić information content (AvgIpc) is 3.14. The number of piperazine rings is 1. The first-order valence-corrected chi connectivity index (χ1v) is 9.50. The molecule has 3 N–H and O–H groups in total. The number of hydrogen-bond donors (Lipinski definition) is 2. The second-order valence-electron chi connectivity index (χ2n) is 7.11. The molecule has 2 aromatic carbocycles. The lowest BCUT2D eigenvalue weighted by molar-refractivity contribution is -0.137. The highest BCUT2D eigenvalue weighted by Crippen LogP contribution is 2.39. The van der Waals surface area contributed by atoms with Gasteiger partial charge in [0, 0.05) is 37.4 Å². The summed E-state index contributed by atoms with van der Waals surface area (Å²) in [5.41, 5.74) is 5.10. The molecule has 0 atom stereocenters.